The fourth-order valence-electron chi connectivity index (χ4n) is 1.93. The molecule has 0 aliphatic rings. The Labute approximate surface area is 104 Å². The maximum absolute atomic E-state index is 4.25. The van der Waals surface area contributed by atoms with Gasteiger partial charge in [0.25, 0.3) is 0 Å². The molecule has 0 unspecified atom stereocenters. The van der Waals surface area contributed by atoms with Gasteiger partial charge in [-0.3, -0.25) is 4.40 Å². The molecule has 3 aromatic rings. The Morgan fingerprint density at radius 2 is 2.28 bits per heavy atom. The van der Waals surface area contributed by atoms with Crippen LogP contribution in [0.15, 0.2) is 36.9 Å². The molecule has 0 atom stereocenters. The monoisotopic (exact) mass is 242 g/mol. The second-order valence-corrected chi connectivity index (χ2v) is 4.10. The van der Waals surface area contributed by atoms with E-state index in [0.717, 1.165) is 30.3 Å². The lowest BCUT2D eigenvalue weighted by atomic mass is 10.4. The van der Waals surface area contributed by atoms with E-state index >= 15 is 0 Å². The Kier molecular flexibility index (Phi) is 2.68. The molecule has 0 spiro atoms. The lowest BCUT2D eigenvalue weighted by molar-refractivity contribution is 0.787. The van der Waals surface area contributed by atoms with Gasteiger partial charge in [0, 0.05) is 32.4 Å². The van der Waals surface area contributed by atoms with Crippen molar-refractivity contribution in [2.75, 3.05) is 11.9 Å². The minimum absolute atomic E-state index is 0.809. The van der Waals surface area contributed by atoms with E-state index in [1.807, 2.05) is 40.4 Å². The molecular formula is C12H14N6. The van der Waals surface area contributed by atoms with Crippen LogP contribution in [0.3, 0.4) is 0 Å². The first-order valence-electron chi connectivity index (χ1n) is 5.83. The average Bonchev–Trinajstić information content (AvgIpc) is 2.99. The first-order chi connectivity index (χ1) is 8.84. The number of aryl methyl sites for hydroxylation is 1. The summed E-state index contributed by atoms with van der Waals surface area (Å²) in [5, 5.41) is 11.3. The van der Waals surface area contributed by atoms with E-state index in [-0.39, 0.29) is 0 Å². The molecule has 0 aliphatic carbocycles. The van der Waals surface area contributed by atoms with Gasteiger partial charge in [-0.05, 0) is 12.1 Å². The van der Waals surface area contributed by atoms with Gasteiger partial charge in [0.2, 0.25) is 0 Å². The minimum atomic E-state index is 0.809. The predicted octanol–water partition coefficient (Wildman–Crippen LogP) is 1.12. The largest absolute Gasteiger partial charge is 0.371 e. The highest BCUT2D eigenvalue weighted by atomic mass is 15.2. The second kappa shape index (κ2) is 4.48. The van der Waals surface area contributed by atoms with E-state index < -0.39 is 0 Å². The van der Waals surface area contributed by atoms with Crippen molar-refractivity contribution >= 4 is 11.5 Å². The maximum Gasteiger partial charge on any atom is 0.138 e. The quantitative estimate of drug-likeness (QED) is 0.744. The van der Waals surface area contributed by atoms with E-state index in [1.165, 1.54) is 0 Å². The Morgan fingerprint density at radius 1 is 1.33 bits per heavy atom. The molecule has 0 radical (unpaired) electrons. The maximum atomic E-state index is 4.25. The van der Waals surface area contributed by atoms with Gasteiger partial charge in [-0.25, -0.2) is 4.98 Å². The van der Waals surface area contributed by atoms with Crippen molar-refractivity contribution in [2.45, 2.75) is 6.42 Å². The predicted molar refractivity (Wildman–Crippen MR) is 68.4 cm³/mol. The average molecular weight is 242 g/mol. The molecular weight excluding hydrogens is 228 g/mol. The van der Waals surface area contributed by atoms with Crippen molar-refractivity contribution in [2.24, 2.45) is 7.05 Å². The molecule has 6 heteroatoms. The number of hydrogen-bond acceptors (Lipinski definition) is 4. The fraction of sp³-hybridized carbons (Fsp3) is 0.250. The van der Waals surface area contributed by atoms with Gasteiger partial charge in [-0.15, -0.1) is 10.2 Å². The van der Waals surface area contributed by atoms with Crippen LogP contribution in [-0.4, -0.2) is 30.7 Å². The molecule has 0 saturated carbocycles. The third-order valence-corrected chi connectivity index (χ3v) is 2.89. The van der Waals surface area contributed by atoms with Crippen LogP contribution in [-0.2, 0) is 13.5 Å². The Morgan fingerprint density at radius 3 is 3.11 bits per heavy atom. The SMILES string of the molecule is Cn1cnnc1CCNc1cccc2nccn12. The molecule has 0 saturated heterocycles. The first-order valence-corrected chi connectivity index (χ1v) is 5.83. The highest BCUT2D eigenvalue weighted by Gasteiger charge is 2.02. The highest BCUT2D eigenvalue weighted by Crippen LogP contribution is 2.10. The van der Waals surface area contributed by atoms with E-state index in [1.54, 1.807) is 12.5 Å². The second-order valence-electron chi connectivity index (χ2n) is 4.10. The molecule has 92 valence electrons. The molecule has 6 nitrogen and oxygen atoms in total. The van der Waals surface area contributed by atoms with Crippen molar-refractivity contribution in [3.05, 3.63) is 42.7 Å². The summed E-state index contributed by atoms with van der Waals surface area (Å²) in [6.45, 7) is 0.809. The normalized spacial score (nSPS) is 10.9. The van der Waals surface area contributed by atoms with Crippen molar-refractivity contribution in [3.8, 4) is 0 Å². The Balaban J connectivity index is 1.70. The number of nitrogens with zero attached hydrogens (tertiary/aromatic N) is 5. The van der Waals surface area contributed by atoms with Gasteiger partial charge in [0.1, 0.15) is 23.6 Å². The molecule has 3 rings (SSSR count). The van der Waals surface area contributed by atoms with Crippen LogP contribution in [0.25, 0.3) is 5.65 Å². The number of anilines is 1. The lowest BCUT2D eigenvalue weighted by Crippen LogP contribution is -2.10. The summed E-state index contributed by atoms with van der Waals surface area (Å²) in [4.78, 5) is 4.25. The van der Waals surface area contributed by atoms with Gasteiger partial charge >= 0.3 is 0 Å². The summed E-state index contributed by atoms with van der Waals surface area (Å²) in [7, 11) is 1.95. The molecule has 0 amide bonds. The van der Waals surface area contributed by atoms with Crippen molar-refractivity contribution in [1.82, 2.24) is 24.1 Å². The molecule has 18 heavy (non-hydrogen) atoms. The van der Waals surface area contributed by atoms with Crippen molar-refractivity contribution < 1.29 is 0 Å². The summed E-state index contributed by atoms with van der Waals surface area (Å²) in [6, 6.07) is 6.01. The molecule has 3 heterocycles. The molecule has 3 aromatic heterocycles. The summed E-state index contributed by atoms with van der Waals surface area (Å²) in [6.07, 6.45) is 6.29. The number of pyridine rings is 1. The molecule has 0 bridgehead atoms. The number of nitrogens with one attached hydrogen (secondary N) is 1. The minimum Gasteiger partial charge on any atom is -0.371 e. The van der Waals surface area contributed by atoms with E-state index in [4.69, 9.17) is 0 Å². The summed E-state index contributed by atoms with van der Waals surface area (Å²) in [5.74, 6) is 2.01. The third-order valence-electron chi connectivity index (χ3n) is 2.89. The zero-order chi connectivity index (χ0) is 12.4. The van der Waals surface area contributed by atoms with Crippen LogP contribution < -0.4 is 5.32 Å². The summed E-state index contributed by atoms with van der Waals surface area (Å²) in [5.41, 5.74) is 0.943. The zero-order valence-corrected chi connectivity index (χ0v) is 10.1. The smallest absolute Gasteiger partial charge is 0.138 e. The van der Waals surface area contributed by atoms with Crippen LogP contribution in [0, 0.1) is 0 Å². The molecule has 0 aromatic carbocycles. The molecule has 0 aliphatic heterocycles. The van der Waals surface area contributed by atoms with Crippen molar-refractivity contribution in [1.29, 1.82) is 0 Å². The molecule has 0 fully saturated rings. The topological polar surface area (TPSA) is 60.0 Å². The standard InChI is InChI=1S/C12H14N6/c1-17-9-15-16-12(17)5-6-13-10-3-2-4-11-14-7-8-18(10)11/h2-4,7-9,13H,5-6H2,1H3. The van der Waals surface area contributed by atoms with E-state index in [9.17, 15) is 0 Å². The Hall–Kier alpha value is -2.37. The van der Waals surface area contributed by atoms with Crippen LogP contribution in [0.1, 0.15) is 5.82 Å². The van der Waals surface area contributed by atoms with Crippen molar-refractivity contribution in [3.63, 3.8) is 0 Å². The number of hydrogen-bond donors (Lipinski definition) is 1. The number of imidazole rings is 1. The van der Waals surface area contributed by atoms with Gasteiger partial charge in [0.15, 0.2) is 0 Å². The number of aromatic nitrogens is 5. The fourth-order valence-corrected chi connectivity index (χ4v) is 1.93. The summed E-state index contributed by atoms with van der Waals surface area (Å²) < 4.78 is 3.95. The van der Waals surface area contributed by atoms with Gasteiger partial charge in [-0.1, -0.05) is 6.07 Å². The van der Waals surface area contributed by atoms with Gasteiger partial charge < -0.3 is 9.88 Å². The highest BCUT2D eigenvalue weighted by molar-refractivity contribution is 5.49. The van der Waals surface area contributed by atoms with E-state index in [0.29, 0.717) is 0 Å². The van der Waals surface area contributed by atoms with E-state index in [2.05, 4.69) is 20.5 Å². The van der Waals surface area contributed by atoms with Crippen LogP contribution in [0.5, 0.6) is 0 Å². The Bertz CT molecular complexity index is 653. The number of rotatable bonds is 4. The number of fused-ring (bicyclic) bond motifs is 1. The lowest BCUT2D eigenvalue weighted by Gasteiger charge is -2.08. The van der Waals surface area contributed by atoms with Crippen LogP contribution >= 0.6 is 0 Å². The van der Waals surface area contributed by atoms with Crippen LogP contribution in [0.2, 0.25) is 0 Å². The van der Waals surface area contributed by atoms with Gasteiger partial charge in [-0.2, -0.15) is 0 Å². The zero-order valence-electron chi connectivity index (χ0n) is 10.1. The van der Waals surface area contributed by atoms with Gasteiger partial charge in [0.05, 0.1) is 0 Å². The molecule has 1 N–H and O–H groups in total. The summed E-state index contributed by atoms with van der Waals surface area (Å²) >= 11 is 0. The third kappa shape index (κ3) is 1.92. The van der Waals surface area contributed by atoms with Crippen LogP contribution in [0.4, 0.5) is 5.82 Å². The first kappa shape index (κ1) is 10.8.